The number of hydrogen-bond acceptors (Lipinski definition) is 2. The molecule has 82 valence electrons. The van der Waals surface area contributed by atoms with Crippen LogP contribution in [0.2, 0.25) is 0 Å². The average Bonchev–Trinajstić information content (AvgIpc) is 2.26. The first-order valence-corrected chi connectivity index (χ1v) is 5.63. The third kappa shape index (κ3) is 2.06. The van der Waals surface area contributed by atoms with Crippen LogP contribution in [-0.2, 0) is 0 Å². The number of aliphatic hydroxyl groups is 1. The van der Waals surface area contributed by atoms with Gasteiger partial charge in [-0.15, -0.1) is 0 Å². The number of nitrogens with zero attached hydrogens (tertiary/aromatic N) is 1. The Balaban J connectivity index is 2.25. The maximum atomic E-state index is 9.90. The Morgan fingerprint density at radius 1 is 1.27 bits per heavy atom. The van der Waals surface area contributed by atoms with E-state index in [0.717, 1.165) is 13.0 Å². The van der Waals surface area contributed by atoms with Crippen molar-refractivity contribution in [1.82, 2.24) is 4.90 Å². The maximum absolute atomic E-state index is 9.90. The molecule has 1 aromatic carbocycles. The van der Waals surface area contributed by atoms with Gasteiger partial charge in [0.25, 0.3) is 0 Å². The van der Waals surface area contributed by atoms with E-state index in [-0.39, 0.29) is 6.10 Å². The third-order valence-electron chi connectivity index (χ3n) is 3.50. The van der Waals surface area contributed by atoms with Gasteiger partial charge in [-0.1, -0.05) is 37.3 Å². The van der Waals surface area contributed by atoms with Crippen molar-refractivity contribution in [1.29, 1.82) is 0 Å². The maximum Gasteiger partial charge on any atom is 0.0596 e. The first-order chi connectivity index (χ1) is 7.20. The number of rotatable bonds is 1. The van der Waals surface area contributed by atoms with E-state index in [1.54, 1.807) is 0 Å². The van der Waals surface area contributed by atoms with Crippen molar-refractivity contribution in [3.05, 3.63) is 35.9 Å². The monoisotopic (exact) mass is 205 g/mol. The van der Waals surface area contributed by atoms with Crippen LogP contribution in [-0.4, -0.2) is 29.7 Å². The summed E-state index contributed by atoms with van der Waals surface area (Å²) in [5.41, 5.74) is 1.31. The second-order valence-corrected chi connectivity index (χ2v) is 4.55. The van der Waals surface area contributed by atoms with E-state index in [2.05, 4.69) is 43.1 Å². The Kier molecular flexibility index (Phi) is 3.08. The predicted molar refractivity (Wildman–Crippen MR) is 61.6 cm³/mol. The van der Waals surface area contributed by atoms with E-state index >= 15 is 0 Å². The summed E-state index contributed by atoms with van der Waals surface area (Å²) >= 11 is 0. The molecule has 0 radical (unpaired) electrons. The zero-order chi connectivity index (χ0) is 10.8. The lowest BCUT2D eigenvalue weighted by atomic mass is 9.84. The summed E-state index contributed by atoms with van der Waals surface area (Å²) in [6.07, 6.45) is 0.729. The molecular weight excluding hydrogens is 186 g/mol. The van der Waals surface area contributed by atoms with Crippen molar-refractivity contribution in [2.45, 2.75) is 25.5 Å². The Labute approximate surface area is 91.5 Å². The minimum absolute atomic E-state index is 0.161. The van der Waals surface area contributed by atoms with E-state index in [4.69, 9.17) is 0 Å². The summed E-state index contributed by atoms with van der Waals surface area (Å²) in [6, 6.07) is 10.8. The first kappa shape index (κ1) is 10.7. The molecule has 0 saturated carbocycles. The lowest BCUT2D eigenvalue weighted by molar-refractivity contribution is 0.00224. The van der Waals surface area contributed by atoms with Crippen molar-refractivity contribution in [3.8, 4) is 0 Å². The second kappa shape index (κ2) is 4.33. The molecule has 0 aliphatic carbocycles. The molecule has 2 nitrogen and oxygen atoms in total. The Hall–Kier alpha value is -0.860. The fourth-order valence-electron chi connectivity index (χ4n) is 2.56. The molecule has 1 aliphatic rings. The molecule has 0 aromatic heterocycles. The van der Waals surface area contributed by atoms with Gasteiger partial charge in [0.2, 0.25) is 0 Å². The summed E-state index contributed by atoms with van der Waals surface area (Å²) < 4.78 is 0. The molecule has 3 atom stereocenters. The van der Waals surface area contributed by atoms with Gasteiger partial charge in [-0.05, 0) is 19.0 Å². The quantitative estimate of drug-likeness (QED) is 0.758. The van der Waals surface area contributed by atoms with Gasteiger partial charge in [0.15, 0.2) is 0 Å². The minimum atomic E-state index is -0.161. The van der Waals surface area contributed by atoms with Gasteiger partial charge < -0.3 is 5.11 Å². The topological polar surface area (TPSA) is 23.5 Å². The highest BCUT2D eigenvalue weighted by atomic mass is 16.3. The van der Waals surface area contributed by atoms with Crippen LogP contribution in [0.15, 0.2) is 30.3 Å². The highest BCUT2D eigenvalue weighted by molar-refractivity contribution is 5.20. The van der Waals surface area contributed by atoms with Gasteiger partial charge in [0.05, 0.1) is 6.10 Å². The lowest BCUT2D eigenvalue weighted by Gasteiger charge is -2.40. The zero-order valence-corrected chi connectivity index (χ0v) is 9.43. The molecule has 0 spiro atoms. The fourth-order valence-corrected chi connectivity index (χ4v) is 2.56. The predicted octanol–water partition coefficient (Wildman–Crippen LogP) is 2.06. The summed E-state index contributed by atoms with van der Waals surface area (Å²) in [6.45, 7) is 3.11. The van der Waals surface area contributed by atoms with Gasteiger partial charge in [0.1, 0.15) is 0 Å². The largest absolute Gasteiger partial charge is 0.393 e. The minimum Gasteiger partial charge on any atom is -0.393 e. The molecule has 0 bridgehead atoms. The molecule has 1 N–H and O–H groups in total. The van der Waals surface area contributed by atoms with Crippen LogP contribution in [0.4, 0.5) is 0 Å². The average molecular weight is 205 g/mol. The SMILES string of the molecule is C[C@H]1[C@H](O)CCN(C)[C@@H]1c1ccccc1. The Morgan fingerprint density at radius 3 is 2.60 bits per heavy atom. The highest BCUT2D eigenvalue weighted by Crippen LogP contribution is 2.34. The molecule has 1 aromatic rings. The van der Waals surface area contributed by atoms with Crippen molar-refractivity contribution < 1.29 is 5.11 Å². The van der Waals surface area contributed by atoms with E-state index in [9.17, 15) is 5.11 Å². The molecule has 2 rings (SSSR count). The summed E-state index contributed by atoms with van der Waals surface area (Å²) in [7, 11) is 2.14. The number of aliphatic hydroxyl groups excluding tert-OH is 1. The molecule has 0 unspecified atom stereocenters. The third-order valence-corrected chi connectivity index (χ3v) is 3.50. The van der Waals surface area contributed by atoms with Gasteiger partial charge in [-0.25, -0.2) is 0 Å². The van der Waals surface area contributed by atoms with Crippen LogP contribution in [0.3, 0.4) is 0 Å². The molecule has 1 heterocycles. The van der Waals surface area contributed by atoms with Crippen LogP contribution in [0.25, 0.3) is 0 Å². The van der Waals surface area contributed by atoms with Gasteiger partial charge in [0, 0.05) is 18.5 Å². The standard InChI is InChI=1S/C13H19NO/c1-10-12(15)8-9-14(2)13(10)11-6-4-3-5-7-11/h3-7,10,12-13,15H,8-9H2,1-2H3/t10-,12+,13-/m0/s1. The fraction of sp³-hybridized carbons (Fsp3) is 0.538. The number of likely N-dealkylation sites (tertiary alicyclic amines) is 1. The molecule has 15 heavy (non-hydrogen) atoms. The van der Waals surface area contributed by atoms with Crippen LogP contribution in [0.5, 0.6) is 0 Å². The van der Waals surface area contributed by atoms with Crippen molar-refractivity contribution in [2.24, 2.45) is 5.92 Å². The molecule has 0 amide bonds. The van der Waals surface area contributed by atoms with Crippen LogP contribution < -0.4 is 0 Å². The van der Waals surface area contributed by atoms with Gasteiger partial charge in [-0.2, -0.15) is 0 Å². The normalized spacial score (nSPS) is 32.9. The first-order valence-electron chi connectivity index (χ1n) is 5.63. The molecule has 1 saturated heterocycles. The molecule has 1 fully saturated rings. The number of hydrogen-bond donors (Lipinski definition) is 1. The molecule has 2 heteroatoms. The summed E-state index contributed by atoms with van der Waals surface area (Å²) in [4.78, 5) is 2.34. The Bertz CT molecular complexity index is 312. The molecular formula is C13H19NO. The number of piperidine rings is 1. The van der Waals surface area contributed by atoms with E-state index in [1.165, 1.54) is 5.56 Å². The van der Waals surface area contributed by atoms with Crippen LogP contribution in [0, 0.1) is 5.92 Å². The zero-order valence-electron chi connectivity index (χ0n) is 9.43. The summed E-state index contributed by atoms with van der Waals surface area (Å²) in [5, 5.41) is 9.90. The lowest BCUT2D eigenvalue weighted by Crippen LogP contribution is -2.42. The smallest absolute Gasteiger partial charge is 0.0596 e. The van der Waals surface area contributed by atoms with Crippen molar-refractivity contribution in [2.75, 3.05) is 13.6 Å². The second-order valence-electron chi connectivity index (χ2n) is 4.55. The number of benzene rings is 1. The van der Waals surface area contributed by atoms with E-state index < -0.39 is 0 Å². The van der Waals surface area contributed by atoms with E-state index in [1.807, 2.05) is 6.07 Å². The highest BCUT2D eigenvalue weighted by Gasteiger charge is 2.32. The van der Waals surface area contributed by atoms with Crippen LogP contribution >= 0.6 is 0 Å². The van der Waals surface area contributed by atoms with Gasteiger partial charge in [-0.3, -0.25) is 4.90 Å². The Morgan fingerprint density at radius 2 is 1.93 bits per heavy atom. The summed E-state index contributed by atoms with van der Waals surface area (Å²) in [5.74, 6) is 0.311. The van der Waals surface area contributed by atoms with Crippen molar-refractivity contribution in [3.63, 3.8) is 0 Å². The van der Waals surface area contributed by atoms with Crippen LogP contribution in [0.1, 0.15) is 24.9 Å². The van der Waals surface area contributed by atoms with Gasteiger partial charge >= 0.3 is 0 Å². The van der Waals surface area contributed by atoms with Crippen molar-refractivity contribution >= 4 is 0 Å². The molecule has 1 aliphatic heterocycles. The van der Waals surface area contributed by atoms with E-state index in [0.29, 0.717) is 12.0 Å².